The molecule has 1 amide bonds. The van der Waals surface area contributed by atoms with E-state index in [4.69, 9.17) is 0 Å². The second kappa shape index (κ2) is 9.63. The second-order valence-electron chi connectivity index (χ2n) is 8.97. The molecule has 4 nitrogen and oxygen atoms in total. The summed E-state index contributed by atoms with van der Waals surface area (Å²) in [6.07, 6.45) is -3.22. The van der Waals surface area contributed by atoms with Crippen molar-refractivity contribution >= 4 is 11.7 Å². The smallest absolute Gasteiger partial charge is 0.344 e. The Kier molecular flexibility index (Phi) is 6.83. The molecule has 2 atom stereocenters. The number of amides is 1. The Labute approximate surface area is 190 Å². The van der Waals surface area contributed by atoms with Crippen molar-refractivity contribution in [3.63, 3.8) is 0 Å². The van der Waals surface area contributed by atoms with Gasteiger partial charge in [-0.1, -0.05) is 24.3 Å². The number of nitrogens with zero attached hydrogens (tertiary/aromatic N) is 1. The SMILES string of the molecule is O=C(Cc1ccccc1C(=O)c1ccc(F)cc1)NC(CC1CN2CCC1CC2)C(F)(F)F. The van der Waals surface area contributed by atoms with Gasteiger partial charge in [-0.05, 0) is 74.0 Å². The van der Waals surface area contributed by atoms with Gasteiger partial charge in [-0.3, -0.25) is 9.59 Å². The highest BCUT2D eigenvalue weighted by molar-refractivity contribution is 6.10. The van der Waals surface area contributed by atoms with Crippen LogP contribution in [0.15, 0.2) is 48.5 Å². The summed E-state index contributed by atoms with van der Waals surface area (Å²) < 4.78 is 54.5. The summed E-state index contributed by atoms with van der Waals surface area (Å²) in [5, 5.41) is 2.18. The van der Waals surface area contributed by atoms with Crippen molar-refractivity contribution in [1.82, 2.24) is 10.2 Å². The zero-order valence-electron chi connectivity index (χ0n) is 18.1. The molecule has 0 aromatic heterocycles. The number of halogens is 4. The summed E-state index contributed by atoms with van der Waals surface area (Å²) >= 11 is 0. The van der Waals surface area contributed by atoms with Gasteiger partial charge in [-0.25, -0.2) is 4.39 Å². The summed E-state index contributed by atoms with van der Waals surface area (Å²) in [6.45, 7) is 2.51. The highest BCUT2D eigenvalue weighted by Gasteiger charge is 2.45. The number of nitrogens with one attached hydrogen (secondary N) is 1. The number of alkyl halides is 3. The summed E-state index contributed by atoms with van der Waals surface area (Å²) in [7, 11) is 0. The average molecular weight is 462 g/mol. The predicted octanol–water partition coefficient (Wildman–Crippen LogP) is 4.38. The lowest BCUT2D eigenvalue weighted by Gasteiger charge is -2.46. The summed E-state index contributed by atoms with van der Waals surface area (Å²) in [5.41, 5.74) is 0.771. The summed E-state index contributed by atoms with van der Waals surface area (Å²) in [4.78, 5) is 27.7. The molecule has 3 heterocycles. The van der Waals surface area contributed by atoms with Crippen LogP contribution in [0.3, 0.4) is 0 Å². The molecule has 2 unspecified atom stereocenters. The van der Waals surface area contributed by atoms with Gasteiger partial charge in [0.15, 0.2) is 5.78 Å². The fourth-order valence-corrected chi connectivity index (χ4v) is 5.00. The lowest BCUT2D eigenvalue weighted by Crippen LogP contribution is -2.53. The van der Waals surface area contributed by atoms with Crippen molar-refractivity contribution in [1.29, 1.82) is 0 Å². The molecule has 0 saturated carbocycles. The highest BCUT2D eigenvalue weighted by Crippen LogP contribution is 2.37. The monoisotopic (exact) mass is 462 g/mol. The van der Waals surface area contributed by atoms with Gasteiger partial charge in [0.2, 0.25) is 5.91 Å². The van der Waals surface area contributed by atoms with Crippen LogP contribution in [0.5, 0.6) is 0 Å². The minimum Gasteiger partial charge on any atom is -0.344 e. The highest BCUT2D eigenvalue weighted by atomic mass is 19.4. The van der Waals surface area contributed by atoms with Gasteiger partial charge in [0.1, 0.15) is 11.9 Å². The number of hydrogen-bond donors (Lipinski definition) is 1. The molecule has 2 aromatic carbocycles. The Morgan fingerprint density at radius 1 is 1.03 bits per heavy atom. The molecule has 0 spiro atoms. The number of piperidine rings is 3. The van der Waals surface area contributed by atoms with E-state index < -0.39 is 29.7 Å². The molecular weight excluding hydrogens is 436 g/mol. The quantitative estimate of drug-likeness (QED) is 0.491. The molecule has 3 aliphatic rings. The fraction of sp³-hybridized carbons (Fsp3) is 0.440. The number of carbonyl (C=O) groups excluding carboxylic acids is 2. The molecular formula is C25H26F4N2O2. The van der Waals surface area contributed by atoms with E-state index in [1.165, 1.54) is 18.2 Å². The molecule has 3 fully saturated rings. The van der Waals surface area contributed by atoms with E-state index in [1.807, 2.05) is 0 Å². The molecule has 2 bridgehead atoms. The first kappa shape index (κ1) is 23.4. The second-order valence-corrected chi connectivity index (χ2v) is 8.97. The zero-order chi connectivity index (χ0) is 23.6. The van der Waals surface area contributed by atoms with Crippen molar-refractivity contribution in [2.75, 3.05) is 19.6 Å². The van der Waals surface area contributed by atoms with Gasteiger partial charge in [-0.2, -0.15) is 13.2 Å². The van der Waals surface area contributed by atoms with E-state index in [0.29, 0.717) is 12.1 Å². The molecule has 33 heavy (non-hydrogen) atoms. The normalized spacial score (nSPS) is 23.2. The third-order valence-electron chi connectivity index (χ3n) is 6.78. The van der Waals surface area contributed by atoms with Crippen molar-refractivity contribution in [3.8, 4) is 0 Å². The molecule has 5 rings (SSSR count). The third-order valence-corrected chi connectivity index (χ3v) is 6.78. The van der Waals surface area contributed by atoms with Crippen molar-refractivity contribution in [2.45, 2.75) is 37.9 Å². The number of rotatable bonds is 7. The molecule has 2 aromatic rings. The van der Waals surface area contributed by atoms with Crippen LogP contribution < -0.4 is 5.32 Å². The van der Waals surface area contributed by atoms with Crippen LogP contribution in [0.2, 0.25) is 0 Å². The largest absolute Gasteiger partial charge is 0.408 e. The number of fused-ring (bicyclic) bond motifs is 3. The maximum atomic E-state index is 13.8. The fourth-order valence-electron chi connectivity index (χ4n) is 5.00. The Balaban J connectivity index is 1.46. The van der Waals surface area contributed by atoms with Gasteiger partial charge in [-0.15, -0.1) is 0 Å². The van der Waals surface area contributed by atoms with Crippen molar-refractivity contribution < 1.29 is 27.2 Å². The number of hydrogen-bond acceptors (Lipinski definition) is 3. The number of carbonyl (C=O) groups is 2. The van der Waals surface area contributed by atoms with Crippen LogP contribution in [0.4, 0.5) is 17.6 Å². The first-order valence-corrected chi connectivity index (χ1v) is 11.2. The Morgan fingerprint density at radius 2 is 1.70 bits per heavy atom. The number of benzene rings is 2. The van der Waals surface area contributed by atoms with Crippen LogP contribution >= 0.6 is 0 Å². The molecule has 0 aliphatic carbocycles. The lowest BCUT2D eigenvalue weighted by molar-refractivity contribution is -0.167. The minimum absolute atomic E-state index is 0.0910. The van der Waals surface area contributed by atoms with Crippen molar-refractivity contribution in [3.05, 3.63) is 71.0 Å². The first-order valence-electron chi connectivity index (χ1n) is 11.2. The molecule has 1 N–H and O–H groups in total. The first-order chi connectivity index (χ1) is 15.7. The van der Waals surface area contributed by atoms with E-state index in [1.54, 1.807) is 18.2 Å². The van der Waals surface area contributed by atoms with E-state index in [2.05, 4.69) is 10.2 Å². The average Bonchev–Trinajstić information content (AvgIpc) is 2.79. The lowest BCUT2D eigenvalue weighted by atomic mass is 9.76. The third kappa shape index (κ3) is 5.61. The Morgan fingerprint density at radius 3 is 2.30 bits per heavy atom. The molecule has 8 heteroatoms. The van der Waals surface area contributed by atoms with Gasteiger partial charge < -0.3 is 10.2 Å². The predicted molar refractivity (Wildman–Crippen MR) is 115 cm³/mol. The van der Waals surface area contributed by atoms with Gasteiger partial charge >= 0.3 is 6.18 Å². The zero-order valence-corrected chi connectivity index (χ0v) is 18.1. The molecule has 176 valence electrons. The van der Waals surface area contributed by atoms with Gasteiger partial charge in [0.05, 0.1) is 6.42 Å². The molecule has 0 radical (unpaired) electrons. The topological polar surface area (TPSA) is 49.4 Å². The van der Waals surface area contributed by atoms with E-state index >= 15 is 0 Å². The van der Waals surface area contributed by atoms with Crippen molar-refractivity contribution in [2.24, 2.45) is 11.8 Å². The van der Waals surface area contributed by atoms with Gasteiger partial charge in [0.25, 0.3) is 0 Å². The van der Waals surface area contributed by atoms with E-state index in [0.717, 1.165) is 38.1 Å². The summed E-state index contributed by atoms with van der Waals surface area (Å²) in [6, 6.07) is 9.37. The maximum Gasteiger partial charge on any atom is 0.408 e. The van der Waals surface area contributed by atoms with Crippen LogP contribution in [0, 0.1) is 17.7 Å². The van der Waals surface area contributed by atoms with Gasteiger partial charge in [0, 0.05) is 17.7 Å². The minimum atomic E-state index is -4.55. The maximum absolute atomic E-state index is 13.8. The van der Waals surface area contributed by atoms with Crippen LogP contribution in [-0.2, 0) is 11.2 Å². The summed E-state index contributed by atoms with van der Waals surface area (Å²) in [5.74, 6) is -1.51. The molecule has 3 saturated heterocycles. The van der Waals surface area contributed by atoms with E-state index in [-0.39, 0.29) is 35.8 Å². The standard InChI is InChI=1S/C25H26F4N2O2/c26-20-7-5-17(6-8-20)24(33)21-4-2-1-3-18(21)14-23(32)30-22(25(27,28)29)13-19-15-31-11-9-16(19)10-12-31/h1-8,16,19,22H,9-15H2,(H,30,32). The Bertz CT molecular complexity index is 998. The Hall–Kier alpha value is -2.74. The van der Waals surface area contributed by atoms with Crippen LogP contribution in [0.25, 0.3) is 0 Å². The van der Waals surface area contributed by atoms with Crippen LogP contribution in [-0.4, -0.2) is 48.4 Å². The van der Waals surface area contributed by atoms with Crippen LogP contribution in [0.1, 0.15) is 40.7 Å². The molecule has 3 aliphatic heterocycles. The number of ketones is 1. The van der Waals surface area contributed by atoms with E-state index in [9.17, 15) is 27.2 Å².